The second-order valence-corrected chi connectivity index (χ2v) is 5.92. The summed E-state index contributed by atoms with van der Waals surface area (Å²) in [5.41, 5.74) is 1.96. The van der Waals surface area contributed by atoms with Gasteiger partial charge in [-0.1, -0.05) is 16.8 Å². The molecule has 104 valence electrons. The Morgan fingerprint density at radius 3 is 2.75 bits per heavy atom. The van der Waals surface area contributed by atoms with E-state index < -0.39 is 0 Å². The summed E-state index contributed by atoms with van der Waals surface area (Å²) in [5, 5.41) is 21.0. The highest BCUT2D eigenvalue weighted by Crippen LogP contribution is 2.21. The fraction of sp³-hybridized carbons (Fsp3) is 0.357. The van der Waals surface area contributed by atoms with Crippen molar-refractivity contribution in [3.05, 3.63) is 40.7 Å². The molecule has 2 rings (SSSR count). The number of hydrogen-bond acceptors (Lipinski definition) is 4. The van der Waals surface area contributed by atoms with Crippen molar-refractivity contribution in [2.75, 3.05) is 5.32 Å². The molecule has 0 saturated heterocycles. The number of nitriles is 1. The van der Waals surface area contributed by atoms with E-state index in [1.54, 1.807) is 18.2 Å². The first kappa shape index (κ1) is 14.4. The lowest BCUT2D eigenvalue weighted by Gasteiger charge is -2.17. The van der Waals surface area contributed by atoms with Crippen LogP contribution in [0, 0.1) is 11.3 Å². The molecule has 0 fully saturated rings. The summed E-state index contributed by atoms with van der Waals surface area (Å²) in [6.45, 7) is 6.67. The van der Waals surface area contributed by atoms with Crippen LogP contribution in [0.3, 0.4) is 0 Å². The van der Waals surface area contributed by atoms with E-state index >= 15 is 0 Å². The van der Waals surface area contributed by atoms with Crippen molar-refractivity contribution in [3.63, 3.8) is 0 Å². The smallest absolute Gasteiger partial charge is 0.102 e. The maximum Gasteiger partial charge on any atom is 0.102 e. The highest BCUT2D eigenvalue weighted by molar-refractivity contribution is 6.30. The van der Waals surface area contributed by atoms with Gasteiger partial charge in [0.1, 0.15) is 11.8 Å². The maximum atomic E-state index is 9.05. The topological polar surface area (TPSA) is 66.5 Å². The Morgan fingerprint density at radius 1 is 1.40 bits per heavy atom. The van der Waals surface area contributed by atoms with Gasteiger partial charge in [-0.3, -0.25) is 0 Å². The summed E-state index contributed by atoms with van der Waals surface area (Å²) in [7, 11) is 0. The molecule has 0 saturated carbocycles. The summed E-state index contributed by atoms with van der Waals surface area (Å²) in [6, 6.07) is 7.24. The number of aromatic nitrogens is 3. The first-order chi connectivity index (χ1) is 9.40. The molecule has 0 radical (unpaired) electrons. The van der Waals surface area contributed by atoms with Crippen molar-refractivity contribution in [2.24, 2.45) is 0 Å². The van der Waals surface area contributed by atoms with Crippen LogP contribution < -0.4 is 5.32 Å². The van der Waals surface area contributed by atoms with Gasteiger partial charge in [-0.25, -0.2) is 4.68 Å². The van der Waals surface area contributed by atoms with Gasteiger partial charge in [-0.2, -0.15) is 5.26 Å². The molecule has 0 amide bonds. The molecule has 1 aromatic carbocycles. The highest BCUT2D eigenvalue weighted by atomic mass is 35.5. The predicted molar refractivity (Wildman–Crippen MR) is 78.5 cm³/mol. The summed E-state index contributed by atoms with van der Waals surface area (Å²) in [4.78, 5) is 0. The summed E-state index contributed by atoms with van der Waals surface area (Å²) in [6.07, 6.45) is 1.89. The average Bonchev–Trinajstić information content (AvgIpc) is 2.85. The van der Waals surface area contributed by atoms with E-state index in [-0.39, 0.29) is 5.54 Å². The van der Waals surface area contributed by atoms with E-state index in [9.17, 15) is 0 Å². The maximum absolute atomic E-state index is 9.05. The van der Waals surface area contributed by atoms with Crippen molar-refractivity contribution in [3.8, 4) is 6.07 Å². The quantitative estimate of drug-likeness (QED) is 0.942. The third-order valence-electron chi connectivity index (χ3n) is 2.79. The Hall–Kier alpha value is -2.06. The Morgan fingerprint density at radius 2 is 2.15 bits per heavy atom. The van der Waals surface area contributed by atoms with Crippen LogP contribution in [0.5, 0.6) is 0 Å². The Balaban J connectivity index is 2.12. The van der Waals surface area contributed by atoms with Crippen LogP contribution in [0.15, 0.2) is 24.4 Å². The normalized spacial score (nSPS) is 11.2. The van der Waals surface area contributed by atoms with Gasteiger partial charge in [0.15, 0.2) is 0 Å². The van der Waals surface area contributed by atoms with E-state index in [4.69, 9.17) is 16.9 Å². The molecule has 1 heterocycles. The predicted octanol–water partition coefficient (Wildman–Crippen LogP) is 3.17. The molecule has 0 bridgehead atoms. The van der Waals surface area contributed by atoms with Crippen LogP contribution in [0.1, 0.15) is 32.0 Å². The fourth-order valence-corrected chi connectivity index (χ4v) is 1.83. The van der Waals surface area contributed by atoms with Crippen molar-refractivity contribution in [1.29, 1.82) is 5.26 Å². The van der Waals surface area contributed by atoms with Crippen molar-refractivity contribution in [2.45, 2.75) is 32.9 Å². The average molecular weight is 290 g/mol. The van der Waals surface area contributed by atoms with E-state index in [1.165, 1.54) is 0 Å². The van der Waals surface area contributed by atoms with Gasteiger partial charge in [-0.15, -0.1) is 5.10 Å². The van der Waals surface area contributed by atoms with E-state index in [0.29, 0.717) is 22.8 Å². The molecule has 0 aliphatic heterocycles. The van der Waals surface area contributed by atoms with Gasteiger partial charge in [-0.05, 0) is 39.0 Å². The molecule has 0 atom stereocenters. The molecular formula is C14H16ClN5. The van der Waals surface area contributed by atoms with Crippen LogP contribution >= 0.6 is 11.6 Å². The molecule has 20 heavy (non-hydrogen) atoms. The number of halogens is 1. The van der Waals surface area contributed by atoms with Crippen LogP contribution in [-0.2, 0) is 12.1 Å². The number of benzene rings is 1. The third-order valence-corrected chi connectivity index (χ3v) is 3.03. The molecule has 2 aromatic rings. The summed E-state index contributed by atoms with van der Waals surface area (Å²) < 4.78 is 1.81. The van der Waals surface area contributed by atoms with Gasteiger partial charge in [0, 0.05) is 5.02 Å². The largest absolute Gasteiger partial charge is 0.378 e. The zero-order valence-electron chi connectivity index (χ0n) is 11.7. The van der Waals surface area contributed by atoms with Crippen LogP contribution in [-0.4, -0.2) is 15.0 Å². The molecule has 0 spiro atoms. The molecular weight excluding hydrogens is 274 g/mol. The molecule has 5 nitrogen and oxygen atoms in total. The minimum absolute atomic E-state index is 0.0981. The molecule has 1 aromatic heterocycles. The first-order valence-corrected chi connectivity index (χ1v) is 6.63. The van der Waals surface area contributed by atoms with Crippen molar-refractivity contribution >= 4 is 17.3 Å². The van der Waals surface area contributed by atoms with Crippen LogP contribution in [0.25, 0.3) is 0 Å². The van der Waals surface area contributed by atoms with Gasteiger partial charge >= 0.3 is 0 Å². The number of rotatable bonds is 3. The first-order valence-electron chi connectivity index (χ1n) is 6.25. The SMILES string of the molecule is CC(C)(C)n1cc(CNc2cc(Cl)ccc2C#N)nn1. The van der Waals surface area contributed by atoms with Gasteiger partial charge in [0.2, 0.25) is 0 Å². The van der Waals surface area contributed by atoms with Crippen molar-refractivity contribution < 1.29 is 0 Å². The monoisotopic (exact) mass is 289 g/mol. The van der Waals surface area contributed by atoms with Crippen LogP contribution in [0.2, 0.25) is 5.02 Å². The third kappa shape index (κ3) is 3.28. The second-order valence-electron chi connectivity index (χ2n) is 5.48. The number of nitrogens with one attached hydrogen (secondary N) is 1. The van der Waals surface area contributed by atoms with E-state index in [0.717, 1.165) is 5.69 Å². The molecule has 1 N–H and O–H groups in total. The van der Waals surface area contributed by atoms with E-state index in [2.05, 4.69) is 42.5 Å². The Labute approximate surface area is 123 Å². The molecule has 6 heteroatoms. The summed E-state index contributed by atoms with van der Waals surface area (Å²) in [5.74, 6) is 0. The lowest BCUT2D eigenvalue weighted by molar-refractivity contribution is 0.347. The Bertz CT molecular complexity index is 648. The molecule has 0 aliphatic rings. The van der Waals surface area contributed by atoms with Crippen LogP contribution in [0.4, 0.5) is 5.69 Å². The fourth-order valence-electron chi connectivity index (χ4n) is 1.65. The standard InChI is InChI=1S/C14H16ClN5/c1-14(2,3)20-9-12(18-19-20)8-17-13-6-11(15)5-4-10(13)7-16/h4-6,9,17H,8H2,1-3H3. The lowest BCUT2D eigenvalue weighted by Crippen LogP contribution is -2.22. The number of nitrogens with zero attached hydrogens (tertiary/aromatic N) is 4. The lowest BCUT2D eigenvalue weighted by atomic mass is 10.1. The zero-order valence-corrected chi connectivity index (χ0v) is 12.4. The Kier molecular flexibility index (Phi) is 3.96. The van der Waals surface area contributed by atoms with Gasteiger partial charge < -0.3 is 5.32 Å². The zero-order chi connectivity index (χ0) is 14.8. The van der Waals surface area contributed by atoms with Crippen molar-refractivity contribution in [1.82, 2.24) is 15.0 Å². The van der Waals surface area contributed by atoms with E-state index in [1.807, 2.05) is 10.9 Å². The molecule has 0 unspecified atom stereocenters. The number of hydrogen-bond donors (Lipinski definition) is 1. The number of anilines is 1. The van der Waals surface area contributed by atoms with Gasteiger partial charge in [0.05, 0.1) is 29.5 Å². The summed E-state index contributed by atoms with van der Waals surface area (Å²) >= 11 is 5.94. The second kappa shape index (κ2) is 5.51. The highest BCUT2D eigenvalue weighted by Gasteiger charge is 2.15. The minimum Gasteiger partial charge on any atom is -0.378 e. The minimum atomic E-state index is -0.0981. The molecule has 0 aliphatic carbocycles. The van der Waals surface area contributed by atoms with Gasteiger partial charge in [0.25, 0.3) is 0 Å².